The van der Waals surface area contributed by atoms with Crippen molar-refractivity contribution in [3.8, 4) is 0 Å². The minimum absolute atomic E-state index is 0.157. The number of benzene rings is 2. The van der Waals surface area contributed by atoms with Crippen LogP contribution in [0.25, 0.3) is 11.0 Å². The Labute approximate surface area is 188 Å². The van der Waals surface area contributed by atoms with Crippen molar-refractivity contribution >= 4 is 22.8 Å². The summed E-state index contributed by atoms with van der Waals surface area (Å²) < 4.78 is 39.5. The van der Waals surface area contributed by atoms with Crippen LogP contribution in [0.2, 0.25) is 0 Å². The molecule has 1 aromatic heterocycles. The van der Waals surface area contributed by atoms with E-state index in [9.17, 15) is 18.4 Å². The fourth-order valence-electron chi connectivity index (χ4n) is 5.45. The van der Waals surface area contributed by atoms with Gasteiger partial charge in [-0.05, 0) is 42.7 Å². The van der Waals surface area contributed by atoms with Crippen LogP contribution in [-0.2, 0) is 9.53 Å². The van der Waals surface area contributed by atoms with E-state index >= 15 is 0 Å². The lowest BCUT2D eigenvalue weighted by molar-refractivity contribution is -0.142. The summed E-state index contributed by atoms with van der Waals surface area (Å²) in [6, 6.07) is 12.2. The number of ether oxygens (including phenoxy) is 1. The molecule has 3 fully saturated rings. The fourth-order valence-corrected chi connectivity index (χ4v) is 5.45. The zero-order valence-electron chi connectivity index (χ0n) is 17.8. The third kappa shape index (κ3) is 3.23. The summed E-state index contributed by atoms with van der Waals surface area (Å²) in [5.74, 6) is -1.41. The minimum atomic E-state index is -1.00. The molecule has 4 heterocycles. The van der Waals surface area contributed by atoms with Crippen molar-refractivity contribution in [1.29, 1.82) is 0 Å². The van der Waals surface area contributed by atoms with Crippen molar-refractivity contribution in [2.24, 2.45) is 0 Å². The van der Waals surface area contributed by atoms with Gasteiger partial charge in [0.1, 0.15) is 23.4 Å². The normalized spacial score (nSPS) is 24.1. The summed E-state index contributed by atoms with van der Waals surface area (Å²) in [7, 11) is 0. The van der Waals surface area contributed by atoms with Crippen molar-refractivity contribution in [3.63, 3.8) is 0 Å². The highest BCUT2D eigenvalue weighted by Crippen LogP contribution is 2.47. The largest absolute Gasteiger partial charge is 0.451 e. The summed E-state index contributed by atoms with van der Waals surface area (Å²) >= 11 is 0. The van der Waals surface area contributed by atoms with E-state index in [-0.39, 0.29) is 17.6 Å². The number of hydrogen-bond acceptors (Lipinski definition) is 4. The molecule has 0 N–H and O–H groups in total. The van der Waals surface area contributed by atoms with Gasteiger partial charge in [0.2, 0.25) is 0 Å². The first-order valence-corrected chi connectivity index (χ1v) is 11.2. The number of hydrogen-bond donors (Lipinski definition) is 0. The number of fused-ring (bicyclic) bond motifs is 2. The maximum Gasteiger partial charge on any atom is 0.289 e. The Morgan fingerprint density at radius 3 is 2.45 bits per heavy atom. The molecule has 3 aliphatic rings. The molecule has 2 amide bonds. The highest BCUT2D eigenvalue weighted by molar-refractivity contribution is 5.96. The van der Waals surface area contributed by atoms with E-state index in [1.54, 1.807) is 15.9 Å². The van der Waals surface area contributed by atoms with E-state index < -0.39 is 29.5 Å². The number of carbonyl (C=O) groups is 2. The monoisotopic (exact) mass is 452 g/mol. The third-order valence-corrected chi connectivity index (χ3v) is 7.08. The quantitative estimate of drug-likeness (QED) is 0.578. The second kappa shape index (κ2) is 7.38. The second-order valence-electron chi connectivity index (χ2n) is 9.02. The van der Waals surface area contributed by atoms with Gasteiger partial charge in [-0.3, -0.25) is 9.59 Å². The molecule has 33 heavy (non-hydrogen) atoms. The number of likely N-dealkylation sites (tertiary alicyclic amines) is 1. The maximum atomic E-state index is 13.8. The molecule has 3 saturated heterocycles. The first-order chi connectivity index (χ1) is 15.9. The molecule has 170 valence electrons. The Balaban J connectivity index is 1.18. The number of piperidine rings is 1. The van der Waals surface area contributed by atoms with Crippen molar-refractivity contribution in [2.75, 3.05) is 13.1 Å². The Morgan fingerprint density at radius 1 is 1.00 bits per heavy atom. The SMILES string of the molecule is O=C(c1cc2ccccc2o1)N1CCC2(CC1)OC1CCC(c3cc(F)cc(F)c3)N1C2=O. The zero-order valence-corrected chi connectivity index (χ0v) is 17.8. The molecule has 6 rings (SSSR count). The van der Waals surface area contributed by atoms with Crippen LogP contribution in [0.3, 0.4) is 0 Å². The van der Waals surface area contributed by atoms with Gasteiger partial charge in [0, 0.05) is 37.4 Å². The van der Waals surface area contributed by atoms with Gasteiger partial charge in [-0.25, -0.2) is 8.78 Å². The molecular formula is C25H22F2N2O4. The van der Waals surface area contributed by atoms with Crippen LogP contribution in [0.5, 0.6) is 0 Å². The van der Waals surface area contributed by atoms with Gasteiger partial charge in [0.15, 0.2) is 11.4 Å². The first-order valence-electron chi connectivity index (χ1n) is 11.2. The molecule has 3 aliphatic heterocycles. The molecule has 8 heteroatoms. The Morgan fingerprint density at radius 2 is 1.73 bits per heavy atom. The molecule has 0 aliphatic carbocycles. The third-order valence-electron chi connectivity index (χ3n) is 7.08. The second-order valence-corrected chi connectivity index (χ2v) is 9.02. The topological polar surface area (TPSA) is 63.0 Å². The Hall–Kier alpha value is -3.26. The predicted octanol–water partition coefficient (Wildman–Crippen LogP) is 4.41. The molecule has 2 aromatic carbocycles. The fraction of sp³-hybridized carbons (Fsp3) is 0.360. The van der Waals surface area contributed by atoms with Gasteiger partial charge in [0.25, 0.3) is 11.8 Å². The standard InChI is InChI=1S/C25H22F2N2O4/c26-17-11-16(12-18(27)14-17)19-5-6-22-29(19)24(31)25(33-22)7-9-28(10-8-25)23(30)21-13-15-3-1-2-4-20(15)32-21/h1-4,11-14,19,22H,5-10H2. The van der Waals surface area contributed by atoms with E-state index in [1.165, 1.54) is 12.1 Å². The first kappa shape index (κ1) is 20.4. The van der Waals surface area contributed by atoms with Crippen molar-refractivity contribution in [3.05, 3.63) is 71.5 Å². The molecule has 6 nitrogen and oxygen atoms in total. The molecule has 0 saturated carbocycles. The molecule has 2 atom stereocenters. The molecule has 0 bridgehead atoms. The van der Waals surface area contributed by atoms with Gasteiger partial charge in [-0.15, -0.1) is 0 Å². The number of carbonyl (C=O) groups excluding carboxylic acids is 2. The lowest BCUT2D eigenvalue weighted by Gasteiger charge is -2.37. The lowest BCUT2D eigenvalue weighted by Crippen LogP contribution is -2.51. The predicted molar refractivity (Wildman–Crippen MR) is 114 cm³/mol. The van der Waals surface area contributed by atoms with Crippen LogP contribution in [0, 0.1) is 11.6 Å². The highest BCUT2D eigenvalue weighted by atomic mass is 19.1. The van der Waals surface area contributed by atoms with E-state index in [1.807, 2.05) is 24.3 Å². The zero-order chi connectivity index (χ0) is 22.7. The number of nitrogens with zero attached hydrogens (tertiary/aromatic N) is 2. The van der Waals surface area contributed by atoms with Crippen LogP contribution in [0.4, 0.5) is 8.78 Å². The average molecular weight is 452 g/mol. The van der Waals surface area contributed by atoms with Crippen LogP contribution < -0.4 is 0 Å². The Bertz CT molecular complexity index is 1210. The summed E-state index contributed by atoms with van der Waals surface area (Å²) in [4.78, 5) is 29.8. The average Bonchev–Trinajstić information content (AvgIpc) is 3.48. The summed E-state index contributed by atoms with van der Waals surface area (Å²) in [5, 5.41) is 0.865. The van der Waals surface area contributed by atoms with Gasteiger partial charge in [0.05, 0.1) is 6.04 Å². The minimum Gasteiger partial charge on any atom is -0.451 e. The number of para-hydroxylation sites is 1. The molecule has 3 aromatic rings. The molecule has 0 radical (unpaired) electrons. The maximum absolute atomic E-state index is 13.8. The number of rotatable bonds is 2. The van der Waals surface area contributed by atoms with E-state index in [0.717, 1.165) is 11.5 Å². The number of furan rings is 1. The molecular weight excluding hydrogens is 430 g/mol. The van der Waals surface area contributed by atoms with Gasteiger partial charge >= 0.3 is 0 Å². The summed E-state index contributed by atoms with van der Waals surface area (Å²) in [6.07, 6.45) is 1.53. The molecule has 1 spiro atoms. The Kier molecular flexibility index (Phi) is 4.55. The van der Waals surface area contributed by atoms with Crippen molar-refractivity contribution < 1.29 is 27.5 Å². The highest BCUT2D eigenvalue weighted by Gasteiger charge is 2.58. The lowest BCUT2D eigenvalue weighted by atomic mass is 9.89. The number of amides is 2. The van der Waals surface area contributed by atoms with Crippen molar-refractivity contribution in [2.45, 2.75) is 43.6 Å². The van der Waals surface area contributed by atoms with Crippen LogP contribution in [0.1, 0.15) is 47.8 Å². The van der Waals surface area contributed by atoms with Crippen molar-refractivity contribution in [1.82, 2.24) is 9.80 Å². The smallest absolute Gasteiger partial charge is 0.289 e. The van der Waals surface area contributed by atoms with Crippen LogP contribution >= 0.6 is 0 Å². The summed E-state index contributed by atoms with van der Waals surface area (Å²) in [6.45, 7) is 0.725. The molecule has 2 unspecified atom stereocenters. The van der Waals surface area contributed by atoms with Crippen LogP contribution in [0.15, 0.2) is 52.9 Å². The van der Waals surface area contributed by atoms with E-state index in [4.69, 9.17) is 9.15 Å². The summed E-state index contributed by atoms with van der Waals surface area (Å²) in [5.41, 5.74) is 0.102. The van der Waals surface area contributed by atoms with Gasteiger partial charge < -0.3 is 19.0 Å². The van der Waals surface area contributed by atoms with Gasteiger partial charge in [-0.1, -0.05) is 18.2 Å². The van der Waals surface area contributed by atoms with Gasteiger partial charge in [-0.2, -0.15) is 0 Å². The number of halogens is 2. The van der Waals surface area contributed by atoms with Crippen LogP contribution in [-0.4, -0.2) is 46.5 Å². The van der Waals surface area contributed by atoms with E-state index in [2.05, 4.69) is 0 Å². The van der Waals surface area contributed by atoms with E-state index in [0.29, 0.717) is 49.9 Å².